The molecule has 5 heteroatoms. The van der Waals surface area contributed by atoms with E-state index < -0.39 is 0 Å². The summed E-state index contributed by atoms with van der Waals surface area (Å²) in [7, 11) is 2.64. The first-order valence-corrected chi connectivity index (χ1v) is 8.60. The lowest BCUT2D eigenvalue weighted by Gasteiger charge is -2.16. The second-order valence-corrected chi connectivity index (χ2v) is 6.44. The molecule has 0 amide bonds. The summed E-state index contributed by atoms with van der Waals surface area (Å²) >= 11 is 0. The lowest BCUT2D eigenvalue weighted by atomic mass is 10.1. The Morgan fingerprint density at radius 1 is 1.23 bits per heavy atom. The quantitative estimate of drug-likeness (QED) is 0.406. The lowest BCUT2D eigenvalue weighted by molar-refractivity contribution is -0.112. The summed E-state index contributed by atoms with van der Waals surface area (Å²) < 4.78 is 11.1. The van der Waals surface area contributed by atoms with Gasteiger partial charge in [0.15, 0.2) is 0 Å². The summed E-state index contributed by atoms with van der Waals surface area (Å²) in [5.74, 6) is 0.765. The Kier molecular flexibility index (Phi) is 7.86. The van der Waals surface area contributed by atoms with E-state index in [2.05, 4.69) is 14.6 Å². The highest BCUT2D eigenvalue weighted by Crippen LogP contribution is 2.17. The fourth-order valence-electron chi connectivity index (χ4n) is 2.61. The van der Waals surface area contributed by atoms with E-state index in [0.717, 1.165) is 17.3 Å². The molecule has 2 rings (SSSR count). The topological polar surface area (TPSA) is 47.6 Å². The molecular formula is C17H26NO3P. The molecule has 0 aliphatic heterocycles. The van der Waals surface area contributed by atoms with Crippen LogP contribution in [0.2, 0.25) is 0 Å². The number of rotatable bonds is 10. The van der Waals surface area contributed by atoms with Crippen molar-refractivity contribution >= 4 is 20.8 Å². The highest BCUT2D eigenvalue weighted by Gasteiger charge is 2.16. The van der Waals surface area contributed by atoms with Gasteiger partial charge in [-0.2, -0.15) is 0 Å². The third kappa shape index (κ3) is 6.43. The van der Waals surface area contributed by atoms with Gasteiger partial charge in [-0.25, -0.2) is 0 Å². The van der Waals surface area contributed by atoms with Gasteiger partial charge in [0.2, 0.25) is 0 Å². The van der Waals surface area contributed by atoms with E-state index in [1.165, 1.54) is 25.7 Å². The van der Waals surface area contributed by atoms with Crippen LogP contribution < -0.4 is 15.4 Å². The second kappa shape index (κ2) is 9.94. The van der Waals surface area contributed by atoms with Gasteiger partial charge in [-0.15, -0.1) is 9.24 Å². The van der Waals surface area contributed by atoms with Crippen LogP contribution in [-0.4, -0.2) is 38.7 Å². The van der Waals surface area contributed by atoms with Crippen LogP contribution in [0.3, 0.4) is 0 Å². The van der Waals surface area contributed by atoms with Crippen LogP contribution in [0.25, 0.3) is 0 Å². The molecule has 0 saturated heterocycles. The van der Waals surface area contributed by atoms with Gasteiger partial charge in [-0.05, 0) is 30.3 Å². The zero-order valence-electron chi connectivity index (χ0n) is 13.0. The first-order valence-electron chi connectivity index (χ1n) is 8.02. The summed E-state index contributed by atoms with van der Waals surface area (Å²) in [5, 5.41) is 4.59. The minimum Gasteiger partial charge on any atom is -0.491 e. The largest absolute Gasteiger partial charge is 0.491 e. The Hall–Kier alpha value is -0.960. The van der Waals surface area contributed by atoms with Crippen LogP contribution in [0, 0.1) is 5.92 Å². The summed E-state index contributed by atoms with van der Waals surface area (Å²) in [6.07, 6.45) is 6.05. The van der Waals surface area contributed by atoms with Crippen molar-refractivity contribution in [1.82, 2.24) is 5.32 Å². The van der Waals surface area contributed by atoms with Gasteiger partial charge in [-0.3, -0.25) is 0 Å². The highest BCUT2D eigenvalue weighted by molar-refractivity contribution is 7.27. The van der Waals surface area contributed by atoms with Gasteiger partial charge >= 0.3 is 0 Å². The van der Waals surface area contributed by atoms with Crippen molar-refractivity contribution in [1.29, 1.82) is 0 Å². The molecule has 1 saturated carbocycles. The molecule has 0 heterocycles. The van der Waals surface area contributed by atoms with Gasteiger partial charge in [0.25, 0.3) is 0 Å². The summed E-state index contributed by atoms with van der Waals surface area (Å²) in [6.45, 7) is 2.16. The number of hydrogen-bond donors (Lipinski definition) is 1. The zero-order valence-corrected chi connectivity index (χ0v) is 14.2. The maximum atomic E-state index is 11.1. The van der Waals surface area contributed by atoms with Crippen molar-refractivity contribution in [2.45, 2.75) is 31.7 Å². The Bertz CT molecular complexity index is 432. The van der Waals surface area contributed by atoms with Crippen molar-refractivity contribution in [2.24, 2.45) is 5.92 Å². The van der Waals surface area contributed by atoms with E-state index in [9.17, 15) is 4.79 Å². The van der Waals surface area contributed by atoms with Gasteiger partial charge in [-0.1, -0.05) is 25.0 Å². The molecule has 122 valence electrons. The van der Waals surface area contributed by atoms with Gasteiger partial charge in [0.1, 0.15) is 18.6 Å². The number of ether oxygens (including phenoxy) is 2. The highest BCUT2D eigenvalue weighted by atomic mass is 31.0. The van der Waals surface area contributed by atoms with Gasteiger partial charge in [0, 0.05) is 12.6 Å². The summed E-state index contributed by atoms with van der Waals surface area (Å²) in [4.78, 5) is 11.1. The maximum absolute atomic E-state index is 11.1. The van der Waals surface area contributed by atoms with Crippen LogP contribution in [-0.2, 0) is 9.53 Å². The van der Waals surface area contributed by atoms with Crippen LogP contribution in [0.15, 0.2) is 24.3 Å². The summed E-state index contributed by atoms with van der Waals surface area (Å²) in [5.41, 5.74) is 0. The molecule has 0 radical (unpaired) electrons. The monoisotopic (exact) mass is 323 g/mol. The number of nitrogens with one attached hydrogen (secondary N) is 1. The molecule has 1 aromatic carbocycles. The molecule has 4 nitrogen and oxygen atoms in total. The first-order chi connectivity index (χ1) is 10.8. The fourth-order valence-corrected chi connectivity index (χ4v) is 2.80. The molecule has 1 N–H and O–H groups in total. The molecule has 1 aliphatic rings. The Morgan fingerprint density at radius 3 is 2.64 bits per heavy atom. The van der Waals surface area contributed by atoms with E-state index >= 15 is 0 Å². The molecule has 2 atom stereocenters. The van der Waals surface area contributed by atoms with Crippen molar-refractivity contribution in [3.63, 3.8) is 0 Å². The Morgan fingerprint density at radius 2 is 1.95 bits per heavy atom. The standard InChI is InChI=1S/C17H26NO3P/c19-12-14(11-18-15-3-1-2-4-15)13-20-9-10-21-16-5-7-17(22)8-6-16/h5-8,12,14-15,18H,1-4,9-11,13,22H2. The SMILES string of the molecule is O=CC(CNC1CCCC1)COCCOc1ccc(P)cc1. The van der Waals surface area contributed by atoms with Gasteiger partial charge in [0.05, 0.1) is 19.1 Å². The lowest BCUT2D eigenvalue weighted by Crippen LogP contribution is -2.33. The average molecular weight is 323 g/mol. The van der Waals surface area contributed by atoms with Crippen LogP contribution in [0.4, 0.5) is 0 Å². The predicted molar refractivity (Wildman–Crippen MR) is 91.9 cm³/mol. The van der Waals surface area contributed by atoms with Crippen molar-refractivity contribution in [3.05, 3.63) is 24.3 Å². The number of carbonyl (C=O) groups excluding carboxylic acids is 1. The van der Waals surface area contributed by atoms with Crippen molar-refractivity contribution < 1.29 is 14.3 Å². The average Bonchev–Trinajstić information content (AvgIpc) is 3.05. The second-order valence-electron chi connectivity index (χ2n) is 5.78. The third-order valence-electron chi connectivity index (χ3n) is 3.92. The van der Waals surface area contributed by atoms with Crippen molar-refractivity contribution in [3.8, 4) is 5.75 Å². The molecule has 1 aromatic rings. The predicted octanol–water partition coefficient (Wildman–Crippen LogP) is 1.93. The molecular weight excluding hydrogens is 297 g/mol. The smallest absolute Gasteiger partial charge is 0.126 e. The van der Waals surface area contributed by atoms with Gasteiger partial charge < -0.3 is 19.6 Å². The molecule has 1 fully saturated rings. The number of benzene rings is 1. The number of carbonyl (C=O) groups is 1. The fraction of sp³-hybridized carbons (Fsp3) is 0.588. The first kappa shape index (κ1) is 17.4. The van der Waals surface area contributed by atoms with Crippen LogP contribution in [0.1, 0.15) is 25.7 Å². The molecule has 22 heavy (non-hydrogen) atoms. The van der Waals surface area contributed by atoms with Crippen LogP contribution in [0.5, 0.6) is 5.75 Å². The maximum Gasteiger partial charge on any atom is 0.126 e. The Balaban J connectivity index is 1.54. The molecule has 0 aromatic heterocycles. The van der Waals surface area contributed by atoms with E-state index in [-0.39, 0.29) is 5.92 Å². The normalized spacial score (nSPS) is 16.6. The minimum atomic E-state index is -0.0722. The van der Waals surface area contributed by atoms with Crippen molar-refractivity contribution in [2.75, 3.05) is 26.4 Å². The molecule has 0 spiro atoms. The number of aldehydes is 1. The summed E-state index contributed by atoms with van der Waals surface area (Å²) in [6, 6.07) is 8.42. The van der Waals surface area contributed by atoms with E-state index in [0.29, 0.717) is 32.4 Å². The molecule has 2 unspecified atom stereocenters. The van der Waals surface area contributed by atoms with E-state index in [1.807, 2.05) is 24.3 Å². The minimum absolute atomic E-state index is 0.0722. The van der Waals surface area contributed by atoms with E-state index in [1.54, 1.807) is 0 Å². The number of hydrogen-bond acceptors (Lipinski definition) is 4. The molecule has 0 bridgehead atoms. The third-order valence-corrected chi connectivity index (χ3v) is 4.31. The zero-order chi connectivity index (χ0) is 15.6. The Labute approximate surface area is 135 Å². The molecule has 1 aliphatic carbocycles. The van der Waals surface area contributed by atoms with E-state index in [4.69, 9.17) is 9.47 Å². The van der Waals surface area contributed by atoms with Crippen LogP contribution >= 0.6 is 9.24 Å².